The number of esters is 1. The number of nitriles is 1. The van der Waals surface area contributed by atoms with Gasteiger partial charge < -0.3 is 9.47 Å². The number of carbonyl (C=O) groups is 1. The van der Waals surface area contributed by atoms with Crippen molar-refractivity contribution in [3.8, 4) is 6.07 Å². The fourth-order valence-corrected chi connectivity index (χ4v) is 4.94. The first kappa shape index (κ1) is 14.4. The minimum atomic E-state index is -0.861. The molecule has 0 radical (unpaired) electrons. The van der Waals surface area contributed by atoms with Crippen LogP contribution in [0.5, 0.6) is 0 Å². The lowest BCUT2D eigenvalue weighted by atomic mass is 9.57. The molecule has 4 saturated heterocycles. The summed E-state index contributed by atoms with van der Waals surface area (Å²) in [5.41, 5.74) is -0.761. The minimum absolute atomic E-state index is 0.0813. The van der Waals surface area contributed by atoms with E-state index in [-0.39, 0.29) is 24.2 Å². The molecule has 2 bridgehead atoms. The van der Waals surface area contributed by atoms with Gasteiger partial charge in [0.05, 0.1) is 12.0 Å². The highest BCUT2D eigenvalue weighted by molar-refractivity contribution is 5.74. The van der Waals surface area contributed by atoms with Gasteiger partial charge in [0.2, 0.25) is 12.1 Å². The number of hydrogen-bond donors (Lipinski definition) is 0. The summed E-state index contributed by atoms with van der Waals surface area (Å²) in [6, 6.07) is 2.12. The van der Waals surface area contributed by atoms with Crippen molar-refractivity contribution in [2.45, 2.75) is 63.6 Å². The molecule has 0 aromatic heterocycles. The molecule has 22 heavy (non-hydrogen) atoms. The van der Waals surface area contributed by atoms with E-state index in [0.717, 1.165) is 19.3 Å². The standard InChI is InChI=1S/C16H21NO5/c1-9-3-4-12-10(6-8-17)13(18)19-14-16(12)11(9)5-7-15(2,20-14)21-22-16/h9-12,14H,3-7H2,1-2H3/t9-,10-,11+,12+,14-,15+,16-/m1/s1. The summed E-state index contributed by atoms with van der Waals surface area (Å²) in [7, 11) is 0. The molecule has 5 aliphatic rings. The Kier molecular flexibility index (Phi) is 3.06. The SMILES string of the molecule is C[C@@H]1CC[C@H]2[C@@H](CC#N)C(=O)O[C@@H]3O[C@]4(C)CC[C@@H]1[C@]32OO4. The van der Waals surface area contributed by atoms with Gasteiger partial charge in [0.25, 0.3) is 0 Å². The van der Waals surface area contributed by atoms with Crippen molar-refractivity contribution in [3.05, 3.63) is 0 Å². The van der Waals surface area contributed by atoms with E-state index in [9.17, 15) is 4.79 Å². The maximum Gasteiger partial charge on any atom is 0.312 e. The fraction of sp³-hybridized carbons (Fsp3) is 0.875. The van der Waals surface area contributed by atoms with Crippen LogP contribution in [-0.2, 0) is 24.0 Å². The van der Waals surface area contributed by atoms with Crippen molar-refractivity contribution in [1.82, 2.24) is 0 Å². The van der Waals surface area contributed by atoms with Crippen LogP contribution in [0.4, 0.5) is 0 Å². The predicted octanol–water partition coefficient (Wildman–Crippen LogP) is 2.29. The molecule has 6 heteroatoms. The van der Waals surface area contributed by atoms with Crippen LogP contribution in [-0.4, -0.2) is 23.6 Å². The molecule has 6 nitrogen and oxygen atoms in total. The van der Waals surface area contributed by atoms with Crippen LogP contribution in [0.25, 0.3) is 0 Å². The summed E-state index contributed by atoms with van der Waals surface area (Å²) < 4.78 is 11.6. The Morgan fingerprint density at radius 1 is 1.27 bits per heavy atom. The van der Waals surface area contributed by atoms with E-state index < -0.39 is 23.6 Å². The highest BCUT2D eigenvalue weighted by Gasteiger charge is 2.70. The van der Waals surface area contributed by atoms with Gasteiger partial charge in [-0.3, -0.25) is 4.79 Å². The molecule has 0 unspecified atom stereocenters. The van der Waals surface area contributed by atoms with Crippen LogP contribution in [0.15, 0.2) is 0 Å². The molecule has 0 amide bonds. The zero-order chi connectivity index (χ0) is 15.5. The Hall–Kier alpha value is -1.16. The first-order valence-electron chi connectivity index (χ1n) is 8.12. The summed E-state index contributed by atoms with van der Waals surface area (Å²) in [5.74, 6) is -1.07. The van der Waals surface area contributed by atoms with Gasteiger partial charge in [0, 0.05) is 24.7 Å². The lowest BCUT2D eigenvalue weighted by molar-refractivity contribution is -0.559. The third kappa shape index (κ3) is 1.73. The van der Waals surface area contributed by atoms with Gasteiger partial charge in [0.1, 0.15) is 0 Å². The molecule has 4 heterocycles. The molecule has 1 saturated carbocycles. The first-order chi connectivity index (χ1) is 10.5. The van der Waals surface area contributed by atoms with Crippen LogP contribution in [0.2, 0.25) is 0 Å². The monoisotopic (exact) mass is 307 g/mol. The first-order valence-corrected chi connectivity index (χ1v) is 8.12. The van der Waals surface area contributed by atoms with Crippen LogP contribution >= 0.6 is 0 Å². The second kappa shape index (κ2) is 4.67. The van der Waals surface area contributed by atoms with E-state index in [1.165, 1.54) is 0 Å². The maximum atomic E-state index is 12.4. The summed E-state index contributed by atoms with van der Waals surface area (Å²) in [6.07, 6.45) is 2.92. The van der Waals surface area contributed by atoms with Gasteiger partial charge in [-0.2, -0.15) is 5.26 Å². The van der Waals surface area contributed by atoms with Gasteiger partial charge in [-0.05, 0) is 32.1 Å². The molecule has 1 spiro atoms. The third-order valence-electron chi connectivity index (χ3n) is 6.10. The zero-order valence-corrected chi connectivity index (χ0v) is 12.9. The van der Waals surface area contributed by atoms with E-state index in [4.69, 9.17) is 24.5 Å². The van der Waals surface area contributed by atoms with E-state index in [1.54, 1.807) is 0 Å². The van der Waals surface area contributed by atoms with Crippen molar-refractivity contribution < 1.29 is 24.0 Å². The van der Waals surface area contributed by atoms with Crippen molar-refractivity contribution in [2.24, 2.45) is 23.7 Å². The molecule has 1 aliphatic carbocycles. The number of rotatable bonds is 1. The number of nitrogens with zero attached hydrogens (tertiary/aromatic N) is 1. The topological polar surface area (TPSA) is 77.8 Å². The molecule has 0 N–H and O–H groups in total. The normalized spacial score (nSPS) is 53.1. The van der Waals surface area contributed by atoms with Crippen molar-refractivity contribution in [2.75, 3.05) is 0 Å². The average molecular weight is 307 g/mol. The van der Waals surface area contributed by atoms with Gasteiger partial charge in [0.15, 0.2) is 5.60 Å². The van der Waals surface area contributed by atoms with E-state index in [0.29, 0.717) is 12.3 Å². The Morgan fingerprint density at radius 2 is 2.09 bits per heavy atom. The molecule has 5 rings (SSSR count). The number of hydrogen-bond acceptors (Lipinski definition) is 6. The maximum absolute atomic E-state index is 12.4. The Labute approximate surface area is 129 Å². The molecule has 0 aromatic rings. The smallest absolute Gasteiger partial charge is 0.312 e. The Bertz CT molecular complexity index is 545. The summed E-state index contributed by atoms with van der Waals surface area (Å²) in [4.78, 5) is 23.9. The van der Waals surface area contributed by atoms with E-state index >= 15 is 0 Å². The van der Waals surface area contributed by atoms with Gasteiger partial charge in [-0.25, -0.2) is 9.78 Å². The average Bonchev–Trinajstić information content (AvgIpc) is 2.70. The minimum Gasteiger partial charge on any atom is -0.432 e. The number of carbonyl (C=O) groups excluding carboxylic acids is 1. The number of ether oxygens (including phenoxy) is 2. The van der Waals surface area contributed by atoms with E-state index in [1.807, 2.05) is 6.92 Å². The third-order valence-corrected chi connectivity index (χ3v) is 6.10. The zero-order valence-electron chi connectivity index (χ0n) is 12.9. The Morgan fingerprint density at radius 3 is 2.86 bits per heavy atom. The van der Waals surface area contributed by atoms with E-state index in [2.05, 4.69) is 13.0 Å². The summed E-state index contributed by atoms with van der Waals surface area (Å²) >= 11 is 0. The second-order valence-corrected chi connectivity index (χ2v) is 7.32. The Balaban J connectivity index is 1.81. The molecular weight excluding hydrogens is 286 g/mol. The second-order valence-electron chi connectivity index (χ2n) is 7.32. The lowest BCUT2D eigenvalue weighted by Crippen LogP contribution is -2.69. The molecule has 120 valence electrons. The number of fused-ring (bicyclic) bond motifs is 2. The van der Waals surface area contributed by atoms with Crippen molar-refractivity contribution in [1.29, 1.82) is 5.26 Å². The lowest BCUT2D eigenvalue weighted by Gasteiger charge is -2.58. The highest BCUT2D eigenvalue weighted by Crippen LogP contribution is 2.60. The van der Waals surface area contributed by atoms with Gasteiger partial charge >= 0.3 is 5.97 Å². The van der Waals surface area contributed by atoms with Crippen LogP contribution < -0.4 is 0 Å². The van der Waals surface area contributed by atoms with Gasteiger partial charge in [-0.1, -0.05) is 6.92 Å². The van der Waals surface area contributed by atoms with Gasteiger partial charge in [-0.15, -0.1) is 0 Å². The highest BCUT2D eigenvalue weighted by atomic mass is 17.3. The van der Waals surface area contributed by atoms with Crippen LogP contribution in [0.3, 0.4) is 0 Å². The quantitative estimate of drug-likeness (QED) is 0.546. The molecule has 0 aromatic carbocycles. The summed E-state index contributed by atoms with van der Waals surface area (Å²) in [6.45, 7) is 4.04. The van der Waals surface area contributed by atoms with Crippen LogP contribution in [0, 0.1) is 35.0 Å². The summed E-state index contributed by atoms with van der Waals surface area (Å²) in [5, 5.41) is 9.08. The van der Waals surface area contributed by atoms with Crippen molar-refractivity contribution >= 4 is 5.97 Å². The van der Waals surface area contributed by atoms with Crippen LogP contribution in [0.1, 0.15) is 46.0 Å². The largest absolute Gasteiger partial charge is 0.432 e. The molecule has 7 atom stereocenters. The van der Waals surface area contributed by atoms with Crippen molar-refractivity contribution in [3.63, 3.8) is 0 Å². The molecular formula is C16H21NO5. The predicted molar refractivity (Wildman–Crippen MR) is 72.6 cm³/mol. The fourth-order valence-electron chi connectivity index (χ4n) is 4.94. The molecule has 5 fully saturated rings. The molecule has 4 aliphatic heterocycles.